The monoisotopic (exact) mass is 231 g/mol. The summed E-state index contributed by atoms with van der Waals surface area (Å²) in [5.74, 6) is 0. The van der Waals surface area contributed by atoms with Gasteiger partial charge in [-0.25, -0.2) is 0 Å². The highest BCUT2D eigenvalue weighted by Crippen LogP contribution is 2.36. The van der Waals surface area contributed by atoms with E-state index < -0.39 is 8.32 Å². The van der Waals surface area contributed by atoms with Crippen molar-refractivity contribution in [1.29, 1.82) is 0 Å². The molecular formula is C12H29NOSi. The molecule has 0 aliphatic heterocycles. The molecule has 0 spiro atoms. The van der Waals surface area contributed by atoms with Gasteiger partial charge in [-0.1, -0.05) is 41.5 Å². The predicted octanol–water partition coefficient (Wildman–Crippen LogP) is 3.38. The summed E-state index contributed by atoms with van der Waals surface area (Å²) in [5.41, 5.74) is 6.23. The number of hydrogen-bond acceptors (Lipinski definition) is 2. The van der Waals surface area contributed by atoms with Crippen LogP contribution in [-0.4, -0.2) is 21.0 Å². The molecule has 0 aliphatic rings. The van der Waals surface area contributed by atoms with Crippen molar-refractivity contribution < 1.29 is 4.43 Å². The number of nitrogens with two attached hydrogens (primary N) is 1. The van der Waals surface area contributed by atoms with Crippen LogP contribution in [0.5, 0.6) is 0 Å². The van der Waals surface area contributed by atoms with Gasteiger partial charge in [-0.15, -0.1) is 0 Å². The largest absolute Gasteiger partial charge is 0.415 e. The number of rotatable bonds is 3. The Morgan fingerprint density at radius 3 is 1.73 bits per heavy atom. The lowest BCUT2D eigenvalue weighted by atomic mass is 9.88. The molecule has 0 saturated carbocycles. The van der Waals surface area contributed by atoms with Crippen LogP contribution in [0.3, 0.4) is 0 Å². The van der Waals surface area contributed by atoms with Crippen molar-refractivity contribution in [3.8, 4) is 0 Å². The van der Waals surface area contributed by atoms with Crippen molar-refractivity contribution in [3.63, 3.8) is 0 Å². The molecule has 0 aromatic rings. The van der Waals surface area contributed by atoms with Gasteiger partial charge in [0.25, 0.3) is 0 Å². The van der Waals surface area contributed by atoms with Crippen LogP contribution < -0.4 is 5.73 Å². The third-order valence-corrected chi connectivity index (χ3v) is 8.04. The Labute approximate surface area is 96.7 Å². The summed E-state index contributed by atoms with van der Waals surface area (Å²) < 4.78 is 6.10. The zero-order valence-corrected chi connectivity index (χ0v) is 12.8. The number of hydrogen-bond donors (Lipinski definition) is 1. The van der Waals surface area contributed by atoms with Crippen LogP contribution in [0.4, 0.5) is 0 Å². The molecule has 15 heavy (non-hydrogen) atoms. The minimum absolute atomic E-state index is 0.117. The first kappa shape index (κ1) is 15.1. The van der Waals surface area contributed by atoms with E-state index in [4.69, 9.17) is 10.2 Å². The molecule has 0 saturated heterocycles. The van der Waals surface area contributed by atoms with E-state index in [1.54, 1.807) is 0 Å². The SMILES string of the molecule is CC(C)(C)C(N)CO[Si](C)(C)C(C)(C)C. The molecule has 0 heterocycles. The van der Waals surface area contributed by atoms with Crippen molar-refractivity contribution >= 4 is 8.32 Å². The van der Waals surface area contributed by atoms with Crippen molar-refractivity contribution in [2.45, 2.75) is 65.7 Å². The van der Waals surface area contributed by atoms with Crippen LogP contribution in [0.25, 0.3) is 0 Å². The first-order chi connectivity index (χ1) is 6.38. The molecule has 1 unspecified atom stereocenters. The van der Waals surface area contributed by atoms with E-state index in [2.05, 4.69) is 54.6 Å². The van der Waals surface area contributed by atoms with Crippen LogP contribution in [0.2, 0.25) is 18.1 Å². The van der Waals surface area contributed by atoms with Crippen LogP contribution in [0.15, 0.2) is 0 Å². The summed E-state index contributed by atoms with van der Waals surface area (Å²) in [4.78, 5) is 0. The maximum Gasteiger partial charge on any atom is 0.192 e. The summed E-state index contributed by atoms with van der Waals surface area (Å²) in [7, 11) is -1.63. The molecule has 2 N–H and O–H groups in total. The maximum atomic E-state index is 6.10. The molecule has 0 bridgehead atoms. The van der Waals surface area contributed by atoms with Crippen molar-refractivity contribution in [2.24, 2.45) is 11.1 Å². The average Bonchev–Trinajstić information content (AvgIpc) is 1.96. The van der Waals surface area contributed by atoms with E-state index >= 15 is 0 Å². The van der Waals surface area contributed by atoms with E-state index in [0.29, 0.717) is 6.61 Å². The van der Waals surface area contributed by atoms with Gasteiger partial charge in [0, 0.05) is 12.6 Å². The lowest BCUT2D eigenvalue weighted by Gasteiger charge is -2.38. The highest BCUT2D eigenvalue weighted by molar-refractivity contribution is 6.74. The normalized spacial score (nSPS) is 16.6. The Balaban J connectivity index is 4.29. The Morgan fingerprint density at radius 2 is 1.47 bits per heavy atom. The van der Waals surface area contributed by atoms with Gasteiger partial charge in [-0.3, -0.25) is 0 Å². The third kappa shape index (κ3) is 4.66. The topological polar surface area (TPSA) is 35.2 Å². The fraction of sp³-hybridized carbons (Fsp3) is 1.00. The lowest BCUT2D eigenvalue weighted by molar-refractivity contribution is 0.192. The molecule has 0 amide bonds. The van der Waals surface area contributed by atoms with Crippen LogP contribution in [0.1, 0.15) is 41.5 Å². The quantitative estimate of drug-likeness (QED) is 0.756. The second-order valence-electron chi connectivity index (χ2n) is 7.04. The summed E-state index contributed by atoms with van der Waals surface area (Å²) in [6, 6.07) is 0.117. The minimum atomic E-state index is -1.63. The van der Waals surface area contributed by atoms with Gasteiger partial charge in [-0.05, 0) is 23.5 Å². The maximum absolute atomic E-state index is 6.10. The summed E-state index contributed by atoms with van der Waals surface area (Å²) in [6.45, 7) is 18.4. The van der Waals surface area contributed by atoms with Gasteiger partial charge < -0.3 is 10.2 Å². The van der Waals surface area contributed by atoms with Gasteiger partial charge in [0.2, 0.25) is 0 Å². The standard InChI is InChI=1S/C12H29NOSi/c1-11(2,3)10(13)9-14-15(7,8)12(4,5)6/h10H,9,13H2,1-8H3. The van der Waals surface area contributed by atoms with E-state index in [-0.39, 0.29) is 16.5 Å². The van der Waals surface area contributed by atoms with E-state index in [1.165, 1.54) is 0 Å². The van der Waals surface area contributed by atoms with Crippen LogP contribution in [0, 0.1) is 5.41 Å². The van der Waals surface area contributed by atoms with Crippen molar-refractivity contribution in [1.82, 2.24) is 0 Å². The second-order valence-corrected chi connectivity index (χ2v) is 11.9. The summed E-state index contributed by atoms with van der Waals surface area (Å²) in [6.07, 6.45) is 0. The van der Waals surface area contributed by atoms with Gasteiger partial charge in [0.1, 0.15) is 0 Å². The molecule has 2 nitrogen and oxygen atoms in total. The lowest BCUT2D eigenvalue weighted by Crippen LogP contribution is -2.47. The zero-order valence-electron chi connectivity index (χ0n) is 11.8. The molecule has 0 radical (unpaired) electrons. The molecule has 92 valence electrons. The van der Waals surface area contributed by atoms with Gasteiger partial charge >= 0.3 is 0 Å². The molecule has 3 heteroatoms. The highest BCUT2D eigenvalue weighted by atomic mass is 28.4. The average molecular weight is 231 g/mol. The molecule has 0 aromatic heterocycles. The molecule has 0 rings (SSSR count). The summed E-state index contributed by atoms with van der Waals surface area (Å²) >= 11 is 0. The Hall–Kier alpha value is 0.137. The predicted molar refractivity (Wildman–Crippen MR) is 70.6 cm³/mol. The van der Waals surface area contributed by atoms with E-state index in [1.807, 2.05) is 0 Å². The van der Waals surface area contributed by atoms with Crippen LogP contribution in [-0.2, 0) is 4.43 Å². The van der Waals surface area contributed by atoms with Gasteiger partial charge in [0.05, 0.1) is 0 Å². The fourth-order valence-electron chi connectivity index (χ4n) is 0.765. The highest BCUT2D eigenvalue weighted by Gasteiger charge is 2.38. The first-order valence-corrected chi connectivity index (χ1v) is 8.68. The molecular weight excluding hydrogens is 202 g/mol. The fourth-order valence-corrected chi connectivity index (χ4v) is 1.79. The van der Waals surface area contributed by atoms with Crippen molar-refractivity contribution in [2.75, 3.05) is 6.61 Å². The Bertz CT molecular complexity index is 201. The van der Waals surface area contributed by atoms with Gasteiger partial charge in [-0.2, -0.15) is 0 Å². The molecule has 0 aliphatic carbocycles. The van der Waals surface area contributed by atoms with Gasteiger partial charge in [0.15, 0.2) is 8.32 Å². The first-order valence-electron chi connectivity index (χ1n) is 5.77. The summed E-state index contributed by atoms with van der Waals surface area (Å²) in [5, 5.41) is 0.268. The van der Waals surface area contributed by atoms with Crippen LogP contribution >= 0.6 is 0 Å². The van der Waals surface area contributed by atoms with E-state index in [0.717, 1.165) is 0 Å². The van der Waals surface area contributed by atoms with Crippen molar-refractivity contribution in [3.05, 3.63) is 0 Å². The zero-order chi connectivity index (χ0) is 12.5. The van der Waals surface area contributed by atoms with E-state index in [9.17, 15) is 0 Å². The molecule has 0 fully saturated rings. The second kappa shape index (κ2) is 4.56. The minimum Gasteiger partial charge on any atom is -0.415 e. The third-order valence-electron chi connectivity index (χ3n) is 3.54. The Morgan fingerprint density at radius 1 is 1.07 bits per heavy atom. The molecule has 1 atom stereocenters. The smallest absolute Gasteiger partial charge is 0.192 e. The molecule has 0 aromatic carbocycles. The Kier molecular flexibility index (Phi) is 4.60.